The van der Waals surface area contributed by atoms with Crippen molar-refractivity contribution < 1.29 is 27.4 Å². The van der Waals surface area contributed by atoms with Gasteiger partial charge < -0.3 is 9.47 Å². The molecule has 2 aliphatic rings. The molecule has 1 saturated heterocycles. The Bertz CT molecular complexity index is 1240. The zero-order valence-electron chi connectivity index (χ0n) is 20.2. The molecule has 0 bridgehead atoms. The lowest BCUT2D eigenvalue weighted by Crippen LogP contribution is -2.24. The van der Waals surface area contributed by atoms with Gasteiger partial charge in [-0.25, -0.2) is 18.0 Å². The highest BCUT2D eigenvalue weighted by Gasteiger charge is 2.30. The zero-order valence-corrected chi connectivity index (χ0v) is 20.2. The molecule has 0 N–H and O–H groups in total. The molecule has 1 aliphatic heterocycles. The maximum absolute atomic E-state index is 15.1. The van der Waals surface area contributed by atoms with Crippen LogP contribution in [0, 0.1) is 17.5 Å². The van der Waals surface area contributed by atoms with E-state index in [2.05, 4.69) is 6.92 Å². The van der Waals surface area contributed by atoms with E-state index in [0.29, 0.717) is 49.0 Å². The Balaban J connectivity index is 1.21. The number of halogens is 3. The van der Waals surface area contributed by atoms with E-state index in [1.54, 1.807) is 24.3 Å². The van der Waals surface area contributed by atoms with Crippen molar-refractivity contribution in [1.29, 1.82) is 0 Å². The second kappa shape index (κ2) is 10.5. The molecule has 188 valence electrons. The van der Waals surface area contributed by atoms with Gasteiger partial charge in [-0.3, -0.25) is 0 Å². The lowest BCUT2D eigenvalue weighted by Gasteiger charge is -2.29. The number of rotatable bonds is 7. The van der Waals surface area contributed by atoms with Crippen LogP contribution < -0.4 is 0 Å². The van der Waals surface area contributed by atoms with Gasteiger partial charge in [-0.1, -0.05) is 55.8 Å². The van der Waals surface area contributed by atoms with Gasteiger partial charge in [0.05, 0.1) is 12.2 Å². The normalized spacial score (nSPS) is 21.3. The number of carbonyl (C=O) groups excluding carboxylic acids is 1. The summed E-state index contributed by atoms with van der Waals surface area (Å²) < 4.78 is 55.0. The van der Waals surface area contributed by atoms with E-state index < -0.39 is 23.4 Å². The van der Waals surface area contributed by atoms with Gasteiger partial charge in [0.25, 0.3) is 0 Å². The Kier molecular flexibility index (Phi) is 7.15. The van der Waals surface area contributed by atoms with Crippen LogP contribution >= 0.6 is 0 Å². The summed E-state index contributed by atoms with van der Waals surface area (Å²) in [5, 5.41) is 0. The molecular weight excluding hydrogens is 465 g/mol. The number of hydrogen-bond acceptors (Lipinski definition) is 3. The molecule has 1 unspecified atom stereocenters. The number of ether oxygens (including phenoxy) is 2. The summed E-state index contributed by atoms with van der Waals surface area (Å²) in [6.45, 7) is 2.59. The summed E-state index contributed by atoms with van der Waals surface area (Å²) in [6.07, 6.45) is 3.64. The van der Waals surface area contributed by atoms with Crippen LogP contribution in [0.4, 0.5) is 13.2 Å². The molecule has 0 aromatic heterocycles. The predicted octanol–water partition coefficient (Wildman–Crippen LogP) is 7.68. The first-order chi connectivity index (χ1) is 17.4. The average Bonchev–Trinajstić information content (AvgIpc) is 3.72. The van der Waals surface area contributed by atoms with E-state index >= 15 is 8.78 Å². The molecule has 0 amide bonds. The van der Waals surface area contributed by atoms with Crippen LogP contribution in [0.2, 0.25) is 0 Å². The van der Waals surface area contributed by atoms with Gasteiger partial charge in [0.15, 0.2) is 11.6 Å². The van der Waals surface area contributed by atoms with Crippen LogP contribution in [0.25, 0.3) is 11.1 Å². The lowest BCUT2D eigenvalue weighted by molar-refractivity contribution is 0.0193. The molecule has 6 heteroatoms. The van der Waals surface area contributed by atoms with E-state index in [1.165, 1.54) is 11.6 Å². The highest BCUT2D eigenvalue weighted by Crippen LogP contribution is 2.38. The molecule has 3 aromatic carbocycles. The molecule has 0 spiro atoms. The van der Waals surface area contributed by atoms with E-state index in [0.717, 1.165) is 12.8 Å². The fourth-order valence-corrected chi connectivity index (χ4v) is 5.10. The van der Waals surface area contributed by atoms with Crippen LogP contribution in [0.3, 0.4) is 0 Å². The Labute approximate surface area is 209 Å². The summed E-state index contributed by atoms with van der Waals surface area (Å²) in [7, 11) is 0. The van der Waals surface area contributed by atoms with Crippen LogP contribution in [-0.2, 0) is 15.9 Å². The van der Waals surface area contributed by atoms with E-state index in [9.17, 15) is 9.18 Å². The maximum Gasteiger partial charge on any atom is 0.338 e. The molecule has 5 rings (SSSR count). The number of carbonyl (C=O) groups is 1. The fraction of sp³-hybridized carbons (Fsp3) is 0.367. The Morgan fingerprint density at radius 2 is 1.61 bits per heavy atom. The van der Waals surface area contributed by atoms with Gasteiger partial charge in [-0.2, -0.15) is 0 Å². The average molecular weight is 495 g/mol. The molecule has 1 heterocycles. The first kappa shape index (κ1) is 24.6. The molecule has 3 nitrogen and oxygen atoms in total. The third kappa shape index (κ3) is 5.19. The van der Waals surface area contributed by atoms with Gasteiger partial charge >= 0.3 is 5.97 Å². The zero-order chi connectivity index (χ0) is 25.2. The molecular formula is C30H29F3O3. The molecule has 3 aromatic rings. The molecule has 1 atom stereocenters. The van der Waals surface area contributed by atoms with Gasteiger partial charge in [0.2, 0.25) is 0 Å². The van der Waals surface area contributed by atoms with Crippen LogP contribution in [0.15, 0.2) is 54.6 Å². The Morgan fingerprint density at radius 3 is 2.25 bits per heavy atom. The van der Waals surface area contributed by atoms with Crippen molar-refractivity contribution in [2.45, 2.75) is 63.6 Å². The third-order valence-electron chi connectivity index (χ3n) is 7.22. The number of epoxide rings is 1. The topological polar surface area (TPSA) is 38.8 Å². The predicted molar refractivity (Wildman–Crippen MR) is 131 cm³/mol. The molecule has 2 fully saturated rings. The number of hydrogen-bond donors (Lipinski definition) is 0. The first-order valence-electron chi connectivity index (χ1n) is 12.6. The summed E-state index contributed by atoms with van der Waals surface area (Å²) >= 11 is 0. The van der Waals surface area contributed by atoms with Crippen LogP contribution in [0.5, 0.6) is 0 Å². The van der Waals surface area contributed by atoms with Gasteiger partial charge in [0.1, 0.15) is 18.0 Å². The lowest BCUT2D eigenvalue weighted by atomic mass is 9.82. The summed E-state index contributed by atoms with van der Waals surface area (Å²) in [6, 6.07) is 15.2. The van der Waals surface area contributed by atoms with E-state index in [-0.39, 0.29) is 29.3 Å². The monoisotopic (exact) mass is 494 g/mol. The second-order valence-electron chi connectivity index (χ2n) is 9.71. The smallest absolute Gasteiger partial charge is 0.338 e. The van der Waals surface area contributed by atoms with Crippen molar-refractivity contribution in [2.75, 3.05) is 6.61 Å². The molecule has 1 aliphatic carbocycles. The highest BCUT2D eigenvalue weighted by molar-refractivity contribution is 5.89. The van der Waals surface area contributed by atoms with E-state index in [1.807, 2.05) is 24.3 Å². The summed E-state index contributed by atoms with van der Waals surface area (Å²) in [4.78, 5) is 12.5. The minimum absolute atomic E-state index is 0.147. The fourth-order valence-electron chi connectivity index (χ4n) is 5.10. The Hall–Kier alpha value is -3.12. The van der Waals surface area contributed by atoms with Crippen molar-refractivity contribution in [3.8, 4) is 11.1 Å². The largest absolute Gasteiger partial charge is 0.459 e. The number of benzene rings is 3. The van der Waals surface area contributed by atoms with Gasteiger partial charge in [-0.15, -0.1) is 0 Å². The Morgan fingerprint density at radius 1 is 0.917 bits per heavy atom. The van der Waals surface area contributed by atoms with Crippen molar-refractivity contribution in [3.05, 3.63) is 94.3 Å². The molecule has 1 saturated carbocycles. The van der Waals surface area contributed by atoms with Gasteiger partial charge in [0, 0.05) is 11.1 Å². The minimum atomic E-state index is -0.827. The van der Waals surface area contributed by atoms with Gasteiger partial charge in [-0.05, 0) is 66.8 Å². The number of esters is 1. The number of aryl methyl sites for hydroxylation is 1. The van der Waals surface area contributed by atoms with Crippen molar-refractivity contribution in [1.82, 2.24) is 0 Å². The first-order valence-corrected chi connectivity index (χ1v) is 12.6. The molecule has 0 radical (unpaired) electrons. The second-order valence-corrected chi connectivity index (χ2v) is 9.71. The van der Waals surface area contributed by atoms with E-state index in [4.69, 9.17) is 9.47 Å². The SMILES string of the molecule is CCCc1ccc(-c2ccc(C3CCC(OC(=O)c4ccc(C5CO5)c(F)c4)CC3)c(F)c2F)cc1. The third-order valence-corrected chi connectivity index (χ3v) is 7.22. The summed E-state index contributed by atoms with van der Waals surface area (Å²) in [5.41, 5.74) is 3.05. The van der Waals surface area contributed by atoms with Crippen molar-refractivity contribution in [3.63, 3.8) is 0 Å². The van der Waals surface area contributed by atoms with Crippen LogP contribution in [-0.4, -0.2) is 18.7 Å². The quantitative estimate of drug-likeness (QED) is 0.250. The standard InChI is InChI=1S/C30H29F3O3/c1-2-3-18-4-6-19(7-5-18)23-14-15-24(29(33)28(23)32)20-8-11-22(12-9-20)36-30(34)21-10-13-25(26(31)16-21)27-17-35-27/h4-7,10,13-16,20,22,27H,2-3,8-9,11-12,17H2,1H3. The van der Waals surface area contributed by atoms with Crippen molar-refractivity contribution in [2.24, 2.45) is 0 Å². The van der Waals surface area contributed by atoms with Crippen LogP contribution in [0.1, 0.15) is 78.1 Å². The maximum atomic E-state index is 15.1. The summed E-state index contributed by atoms with van der Waals surface area (Å²) in [5.74, 6) is -2.83. The highest BCUT2D eigenvalue weighted by atomic mass is 19.2. The minimum Gasteiger partial charge on any atom is -0.459 e. The van der Waals surface area contributed by atoms with Crippen molar-refractivity contribution >= 4 is 5.97 Å². The molecule has 36 heavy (non-hydrogen) atoms.